The molecule has 2 nitrogen and oxygen atoms in total. The van der Waals surface area contributed by atoms with Gasteiger partial charge in [-0.3, -0.25) is 4.98 Å². The summed E-state index contributed by atoms with van der Waals surface area (Å²) in [5.74, 6) is 0. The lowest BCUT2D eigenvalue weighted by Crippen LogP contribution is -2.31. The molecule has 2 heteroatoms. The van der Waals surface area contributed by atoms with Gasteiger partial charge in [0, 0.05) is 23.5 Å². The third-order valence-corrected chi connectivity index (χ3v) is 3.29. The van der Waals surface area contributed by atoms with Crippen molar-refractivity contribution in [2.45, 2.75) is 39.2 Å². The highest BCUT2D eigenvalue weighted by atomic mass is 14.9. The summed E-state index contributed by atoms with van der Waals surface area (Å²) < 4.78 is 0. The van der Waals surface area contributed by atoms with Crippen molar-refractivity contribution in [3.63, 3.8) is 0 Å². The average Bonchev–Trinajstić information content (AvgIpc) is 2.43. The van der Waals surface area contributed by atoms with Gasteiger partial charge in [-0.1, -0.05) is 38.1 Å². The van der Waals surface area contributed by atoms with Crippen molar-refractivity contribution in [1.82, 2.24) is 10.3 Å². The average molecular weight is 242 g/mol. The fourth-order valence-corrected chi connectivity index (χ4v) is 2.18. The van der Waals surface area contributed by atoms with Crippen LogP contribution in [0.4, 0.5) is 0 Å². The molecule has 1 N–H and O–H groups in total. The summed E-state index contributed by atoms with van der Waals surface area (Å²) in [7, 11) is 0. The van der Waals surface area contributed by atoms with E-state index in [1.54, 1.807) is 0 Å². The number of hydrogen-bond acceptors (Lipinski definition) is 2. The first kappa shape index (κ1) is 13.0. The quantitative estimate of drug-likeness (QED) is 0.838. The summed E-state index contributed by atoms with van der Waals surface area (Å²) in [6, 6.07) is 13.2. The Morgan fingerprint density at radius 2 is 1.94 bits per heavy atom. The van der Waals surface area contributed by atoms with Gasteiger partial charge >= 0.3 is 0 Å². The largest absolute Gasteiger partial charge is 0.314 e. The Balaban J connectivity index is 2.10. The van der Waals surface area contributed by atoms with Crippen molar-refractivity contribution in [3.05, 3.63) is 42.1 Å². The zero-order valence-corrected chi connectivity index (χ0v) is 11.3. The predicted octanol–water partition coefficient (Wildman–Crippen LogP) is 3.56. The molecule has 0 aliphatic rings. The highest BCUT2D eigenvalue weighted by Gasteiger charge is 2.07. The van der Waals surface area contributed by atoms with Crippen LogP contribution in [0.1, 0.15) is 32.4 Å². The number of fused-ring (bicyclic) bond motifs is 1. The topological polar surface area (TPSA) is 24.9 Å². The van der Waals surface area contributed by atoms with Crippen LogP contribution in [0.3, 0.4) is 0 Å². The summed E-state index contributed by atoms with van der Waals surface area (Å²) in [5, 5.41) is 4.79. The summed E-state index contributed by atoms with van der Waals surface area (Å²) >= 11 is 0. The van der Waals surface area contributed by atoms with Crippen LogP contribution in [0.2, 0.25) is 0 Å². The predicted molar refractivity (Wildman–Crippen MR) is 77.8 cm³/mol. The van der Waals surface area contributed by atoms with E-state index in [2.05, 4.69) is 49.5 Å². The standard InChI is InChI=1S/C16H22N2/c1-3-11-17-14(4-2)12-15-10-9-13-7-5-6-8-16(13)18-15/h5-10,14,17H,3-4,11-12H2,1-2H3. The van der Waals surface area contributed by atoms with E-state index in [-0.39, 0.29) is 0 Å². The van der Waals surface area contributed by atoms with E-state index >= 15 is 0 Å². The van der Waals surface area contributed by atoms with Crippen molar-refractivity contribution in [3.8, 4) is 0 Å². The van der Waals surface area contributed by atoms with E-state index in [4.69, 9.17) is 4.98 Å². The second-order valence-corrected chi connectivity index (χ2v) is 4.76. The van der Waals surface area contributed by atoms with Crippen LogP contribution in [0, 0.1) is 0 Å². The molecule has 1 aromatic carbocycles. The van der Waals surface area contributed by atoms with Gasteiger partial charge in [-0.15, -0.1) is 0 Å². The molecule has 0 bridgehead atoms. The first-order valence-corrected chi connectivity index (χ1v) is 6.91. The van der Waals surface area contributed by atoms with Crippen LogP contribution in [0.5, 0.6) is 0 Å². The second-order valence-electron chi connectivity index (χ2n) is 4.76. The zero-order valence-electron chi connectivity index (χ0n) is 11.3. The zero-order chi connectivity index (χ0) is 12.8. The van der Waals surface area contributed by atoms with Gasteiger partial charge in [0.05, 0.1) is 5.52 Å². The molecule has 2 aromatic rings. The molecule has 0 aliphatic carbocycles. The van der Waals surface area contributed by atoms with Gasteiger partial charge in [0.25, 0.3) is 0 Å². The number of benzene rings is 1. The summed E-state index contributed by atoms with van der Waals surface area (Å²) in [5.41, 5.74) is 2.28. The Bertz CT molecular complexity index is 493. The molecule has 0 saturated carbocycles. The molecule has 96 valence electrons. The van der Waals surface area contributed by atoms with Crippen LogP contribution >= 0.6 is 0 Å². The second kappa shape index (κ2) is 6.50. The molecule has 0 radical (unpaired) electrons. The Morgan fingerprint density at radius 3 is 2.72 bits per heavy atom. The van der Waals surface area contributed by atoms with E-state index in [0.717, 1.165) is 24.9 Å². The Labute approximate surface area is 109 Å². The molecular formula is C16H22N2. The van der Waals surface area contributed by atoms with Crippen molar-refractivity contribution in [2.24, 2.45) is 0 Å². The van der Waals surface area contributed by atoms with Gasteiger partial charge in [-0.25, -0.2) is 0 Å². The lowest BCUT2D eigenvalue weighted by Gasteiger charge is -2.16. The van der Waals surface area contributed by atoms with Gasteiger partial charge in [0.15, 0.2) is 0 Å². The Morgan fingerprint density at radius 1 is 1.11 bits per heavy atom. The molecule has 1 unspecified atom stereocenters. The number of nitrogens with zero attached hydrogens (tertiary/aromatic N) is 1. The minimum atomic E-state index is 0.540. The van der Waals surface area contributed by atoms with Crippen LogP contribution in [0.25, 0.3) is 10.9 Å². The smallest absolute Gasteiger partial charge is 0.0705 e. The fourth-order valence-electron chi connectivity index (χ4n) is 2.18. The Hall–Kier alpha value is -1.41. The van der Waals surface area contributed by atoms with E-state index < -0.39 is 0 Å². The number of para-hydroxylation sites is 1. The van der Waals surface area contributed by atoms with Crippen LogP contribution in [-0.2, 0) is 6.42 Å². The SMILES string of the molecule is CCCNC(CC)Cc1ccc2ccccc2n1. The van der Waals surface area contributed by atoms with Gasteiger partial charge in [-0.05, 0) is 31.5 Å². The lowest BCUT2D eigenvalue weighted by atomic mass is 10.1. The molecule has 1 aromatic heterocycles. The third kappa shape index (κ3) is 3.30. The van der Waals surface area contributed by atoms with Crippen LogP contribution in [-0.4, -0.2) is 17.6 Å². The minimum Gasteiger partial charge on any atom is -0.314 e. The number of aromatic nitrogens is 1. The molecule has 18 heavy (non-hydrogen) atoms. The maximum absolute atomic E-state index is 4.73. The van der Waals surface area contributed by atoms with Gasteiger partial charge < -0.3 is 5.32 Å². The Kier molecular flexibility index (Phi) is 4.71. The van der Waals surface area contributed by atoms with E-state index in [9.17, 15) is 0 Å². The van der Waals surface area contributed by atoms with Crippen LogP contribution < -0.4 is 5.32 Å². The fraction of sp³-hybridized carbons (Fsp3) is 0.438. The van der Waals surface area contributed by atoms with Crippen LogP contribution in [0.15, 0.2) is 36.4 Å². The molecule has 2 rings (SSSR count). The van der Waals surface area contributed by atoms with E-state index in [1.165, 1.54) is 17.5 Å². The molecule has 0 fully saturated rings. The monoisotopic (exact) mass is 242 g/mol. The number of nitrogens with one attached hydrogen (secondary N) is 1. The van der Waals surface area contributed by atoms with Crippen molar-refractivity contribution in [1.29, 1.82) is 0 Å². The van der Waals surface area contributed by atoms with Gasteiger partial charge in [0.1, 0.15) is 0 Å². The van der Waals surface area contributed by atoms with E-state index in [0.29, 0.717) is 6.04 Å². The summed E-state index contributed by atoms with van der Waals surface area (Å²) in [6.45, 7) is 5.52. The first-order valence-electron chi connectivity index (χ1n) is 6.91. The normalized spacial score (nSPS) is 12.8. The number of pyridine rings is 1. The maximum atomic E-state index is 4.73. The number of hydrogen-bond donors (Lipinski definition) is 1. The highest BCUT2D eigenvalue weighted by Crippen LogP contribution is 2.13. The van der Waals surface area contributed by atoms with Crippen molar-refractivity contribution < 1.29 is 0 Å². The lowest BCUT2D eigenvalue weighted by molar-refractivity contribution is 0.491. The van der Waals surface area contributed by atoms with E-state index in [1.807, 2.05) is 6.07 Å². The molecule has 1 heterocycles. The third-order valence-electron chi connectivity index (χ3n) is 3.29. The molecule has 0 spiro atoms. The molecule has 0 aliphatic heterocycles. The molecular weight excluding hydrogens is 220 g/mol. The van der Waals surface area contributed by atoms with Crippen molar-refractivity contribution >= 4 is 10.9 Å². The minimum absolute atomic E-state index is 0.540. The maximum Gasteiger partial charge on any atom is 0.0705 e. The highest BCUT2D eigenvalue weighted by molar-refractivity contribution is 5.78. The van der Waals surface area contributed by atoms with Gasteiger partial charge in [0.2, 0.25) is 0 Å². The first-order chi connectivity index (χ1) is 8.83. The molecule has 1 atom stereocenters. The van der Waals surface area contributed by atoms with Crippen molar-refractivity contribution in [2.75, 3.05) is 6.54 Å². The molecule has 0 amide bonds. The molecule has 0 saturated heterocycles. The number of rotatable bonds is 6. The summed E-state index contributed by atoms with van der Waals surface area (Å²) in [4.78, 5) is 4.73. The summed E-state index contributed by atoms with van der Waals surface area (Å²) in [6.07, 6.45) is 3.34. The van der Waals surface area contributed by atoms with Gasteiger partial charge in [-0.2, -0.15) is 0 Å².